The maximum absolute atomic E-state index is 5.44. The zero-order valence-corrected chi connectivity index (χ0v) is 14.1. The molecule has 3 rings (SSSR count). The second kappa shape index (κ2) is 6.91. The van der Waals surface area contributed by atoms with E-state index in [0.717, 1.165) is 45.1 Å². The number of aromatic amines is 1. The van der Waals surface area contributed by atoms with Gasteiger partial charge in [-0.15, -0.1) is 11.3 Å². The first-order chi connectivity index (χ1) is 10.7. The molecule has 1 saturated heterocycles. The second-order valence-corrected chi connectivity index (χ2v) is 7.21. The number of nitrogens with zero attached hydrogens (tertiary/aromatic N) is 2. The molecule has 5 nitrogen and oxygen atoms in total. The van der Waals surface area contributed by atoms with Gasteiger partial charge < -0.3 is 10.1 Å². The summed E-state index contributed by atoms with van der Waals surface area (Å²) in [6.07, 6.45) is 1.92. The number of hydrogen-bond donors (Lipinski definition) is 2. The van der Waals surface area contributed by atoms with Gasteiger partial charge in [-0.2, -0.15) is 5.10 Å². The summed E-state index contributed by atoms with van der Waals surface area (Å²) in [5, 5.41) is 13.0. The van der Waals surface area contributed by atoms with Gasteiger partial charge in [0, 0.05) is 37.3 Å². The molecule has 6 heteroatoms. The van der Waals surface area contributed by atoms with Crippen LogP contribution in [0.5, 0.6) is 0 Å². The molecule has 1 fully saturated rings. The average Bonchev–Trinajstić information content (AvgIpc) is 3.18. The van der Waals surface area contributed by atoms with Crippen LogP contribution in [0.1, 0.15) is 19.4 Å². The number of H-pyrrole nitrogens is 1. The molecule has 0 unspecified atom stereocenters. The van der Waals surface area contributed by atoms with Crippen molar-refractivity contribution in [2.24, 2.45) is 0 Å². The molecule has 0 bridgehead atoms. The van der Waals surface area contributed by atoms with Gasteiger partial charge in [-0.05, 0) is 25.3 Å². The minimum Gasteiger partial charge on any atom is -0.379 e. The Morgan fingerprint density at radius 3 is 2.95 bits per heavy atom. The van der Waals surface area contributed by atoms with Crippen molar-refractivity contribution in [2.75, 3.05) is 32.8 Å². The van der Waals surface area contributed by atoms with Gasteiger partial charge in [0.2, 0.25) is 0 Å². The molecule has 1 aliphatic rings. The first-order valence-electron chi connectivity index (χ1n) is 7.76. The standard InChI is InChI=1S/C16H24N4OS/c1-16(2,20-5-7-21-8-6-20)12-17-10-13-11-18-19-15(13)14-4-3-9-22-14/h3-4,9,11,17H,5-8,10,12H2,1-2H3,(H,18,19). The van der Waals surface area contributed by atoms with E-state index >= 15 is 0 Å². The summed E-state index contributed by atoms with van der Waals surface area (Å²) in [5.74, 6) is 0. The number of rotatable bonds is 6. The van der Waals surface area contributed by atoms with Crippen LogP contribution >= 0.6 is 11.3 Å². The van der Waals surface area contributed by atoms with E-state index in [1.807, 2.05) is 6.20 Å². The first-order valence-corrected chi connectivity index (χ1v) is 8.64. The number of morpholine rings is 1. The molecule has 2 aromatic rings. The average molecular weight is 320 g/mol. The Kier molecular flexibility index (Phi) is 4.93. The summed E-state index contributed by atoms with van der Waals surface area (Å²) in [7, 11) is 0. The molecule has 0 spiro atoms. The lowest BCUT2D eigenvalue weighted by Crippen LogP contribution is -2.54. The number of aromatic nitrogens is 2. The largest absolute Gasteiger partial charge is 0.379 e. The van der Waals surface area contributed by atoms with Crippen LogP contribution in [-0.4, -0.2) is 53.5 Å². The highest BCUT2D eigenvalue weighted by Crippen LogP contribution is 2.25. The summed E-state index contributed by atoms with van der Waals surface area (Å²) >= 11 is 1.74. The third kappa shape index (κ3) is 3.57. The van der Waals surface area contributed by atoms with Gasteiger partial charge in [-0.1, -0.05) is 6.07 Å². The predicted octanol–water partition coefficient (Wildman–Crippen LogP) is 2.34. The van der Waals surface area contributed by atoms with Gasteiger partial charge >= 0.3 is 0 Å². The molecular formula is C16H24N4OS. The van der Waals surface area contributed by atoms with E-state index in [1.54, 1.807) is 11.3 Å². The minimum atomic E-state index is 0.136. The van der Waals surface area contributed by atoms with Crippen molar-refractivity contribution in [3.8, 4) is 10.6 Å². The normalized spacial score (nSPS) is 17.0. The Morgan fingerprint density at radius 1 is 1.41 bits per heavy atom. The van der Waals surface area contributed by atoms with E-state index < -0.39 is 0 Å². The zero-order chi connectivity index (χ0) is 15.4. The first kappa shape index (κ1) is 15.7. The lowest BCUT2D eigenvalue weighted by Gasteiger charge is -2.41. The van der Waals surface area contributed by atoms with Crippen LogP contribution in [0, 0.1) is 0 Å². The van der Waals surface area contributed by atoms with Crippen LogP contribution in [0.3, 0.4) is 0 Å². The van der Waals surface area contributed by atoms with Gasteiger partial charge in [-0.25, -0.2) is 0 Å². The van der Waals surface area contributed by atoms with Gasteiger partial charge in [0.25, 0.3) is 0 Å². The lowest BCUT2D eigenvalue weighted by atomic mass is 10.0. The number of ether oxygens (including phenoxy) is 1. The monoisotopic (exact) mass is 320 g/mol. The van der Waals surface area contributed by atoms with Crippen molar-refractivity contribution in [1.82, 2.24) is 20.4 Å². The Balaban J connectivity index is 1.56. The molecule has 2 aromatic heterocycles. The number of thiophene rings is 1. The van der Waals surface area contributed by atoms with Crippen molar-refractivity contribution in [3.05, 3.63) is 29.3 Å². The highest BCUT2D eigenvalue weighted by molar-refractivity contribution is 7.13. The zero-order valence-electron chi connectivity index (χ0n) is 13.3. The smallest absolute Gasteiger partial charge is 0.0794 e. The number of hydrogen-bond acceptors (Lipinski definition) is 5. The van der Waals surface area contributed by atoms with Crippen molar-refractivity contribution in [2.45, 2.75) is 25.9 Å². The molecule has 0 atom stereocenters. The van der Waals surface area contributed by atoms with Crippen molar-refractivity contribution in [1.29, 1.82) is 0 Å². The van der Waals surface area contributed by atoms with Crippen LogP contribution in [-0.2, 0) is 11.3 Å². The van der Waals surface area contributed by atoms with E-state index in [9.17, 15) is 0 Å². The highest BCUT2D eigenvalue weighted by atomic mass is 32.1. The van der Waals surface area contributed by atoms with Gasteiger partial charge in [0.05, 0.1) is 30.0 Å². The SMILES string of the molecule is CC(C)(CNCc1cn[nH]c1-c1cccs1)N1CCOCC1. The predicted molar refractivity (Wildman–Crippen MR) is 90.1 cm³/mol. The summed E-state index contributed by atoms with van der Waals surface area (Å²) in [6, 6.07) is 4.19. The molecule has 2 N–H and O–H groups in total. The molecule has 120 valence electrons. The summed E-state index contributed by atoms with van der Waals surface area (Å²) < 4.78 is 5.44. The summed E-state index contributed by atoms with van der Waals surface area (Å²) in [6.45, 7) is 10.1. The second-order valence-electron chi connectivity index (χ2n) is 6.26. The van der Waals surface area contributed by atoms with Gasteiger partial charge in [0.1, 0.15) is 0 Å². The molecule has 0 saturated carbocycles. The molecule has 0 amide bonds. The van der Waals surface area contributed by atoms with Gasteiger partial charge in [-0.3, -0.25) is 10.00 Å². The topological polar surface area (TPSA) is 53.2 Å². The quantitative estimate of drug-likeness (QED) is 0.858. The molecule has 22 heavy (non-hydrogen) atoms. The summed E-state index contributed by atoms with van der Waals surface area (Å²) in [5.41, 5.74) is 2.49. The van der Waals surface area contributed by atoms with Crippen molar-refractivity contribution in [3.63, 3.8) is 0 Å². The number of nitrogens with one attached hydrogen (secondary N) is 2. The molecule has 0 aliphatic carbocycles. The molecule has 3 heterocycles. The molecule has 1 aliphatic heterocycles. The Labute approximate surface area is 135 Å². The lowest BCUT2D eigenvalue weighted by molar-refractivity contribution is -0.00966. The van der Waals surface area contributed by atoms with Crippen LogP contribution in [0.25, 0.3) is 10.6 Å². The third-order valence-electron chi connectivity index (χ3n) is 4.23. The van der Waals surface area contributed by atoms with E-state index in [1.165, 1.54) is 10.4 Å². The highest BCUT2D eigenvalue weighted by Gasteiger charge is 2.27. The Hall–Kier alpha value is -1.21. The van der Waals surface area contributed by atoms with Crippen molar-refractivity contribution < 1.29 is 4.74 Å². The van der Waals surface area contributed by atoms with E-state index in [2.05, 4.69) is 51.8 Å². The maximum Gasteiger partial charge on any atom is 0.0794 e. The van der Waals surface area contributed by atoms with Crippen LogP contribution < -0.4 is 5.32 Å². The van der Waals surface area contributed by atoms with Crippen molar-refractivity contribution >= 4 is 11.3 Å². The van der Waals surface area contributed by atoms with Crippen LogP contribution in [0.2, 0.25) is 0 Å². The van der Waals surface area contributed by atoms with E-state index in [4.69, 9.17) is 4.74 Å². The fourth-order valence-corrected chi connectivity index (χ4v) is 3.62. The third-order valence-corrected chi connectivity index (χ3v) is 5.11. The molecular weight excluding hydrogens is 296 g/mol. The maximum atomic E-state index is 5.44. The molecule has 0 aromatic carbocycles. The van der Waals surface area contributed by atoms with Gasteiger partial charge in [0.15, 0.2) is 0 Å². The Morgan fingerprint density at radius 2 is 2.23 bits per heavy atom. The Bertz CT molecular complexity index is 573. The van der Waals surface area contributed by atoms with Crippen LogP contribution in [0.4, 0.5) is 0 Å². The van der Waals surface area contributed by atoms with Crippen LogP contribution in [0.15, 0.2) is 23.7 Å². The fraction of sp³-hybridized carbons (Fsp3) is 0.562. The summed E-state index contributed by atoms with van der Waals surface area (Å²) in [4.78, 5) is 3.74. The minimum absolute atomic E-state index is 0.136. The van der Waals surface area contributed by atoms with E-state index in [0.29, 0.717) is 0 Å². The fourth-order valence-electron chi connectivity index (χ4n) is 2.86. The molecule has 0 radical (unpaired) electrons. The van der Waals surface area contributed by atoms with E-state index in [-0.39, 0.29) is 5.54 Å².